The van der Waals surface area contributed by atoms with E-state index in [-0.39, 0.29) is 16.2 Å². The maximum absolute atomic E-state index is 14.0. The number of nitrogens with one attached hydrogen (secondary N) is 1. The Bertz CT molecular complexity index is 610. The Morgan fingerprint density at radius 3 is 2.75 bits per heavy atom. The van der Waals surface area contributed by atoms with Gasteiger partial charge in [-0.1, -0.05) is 0 Å². The number of hydrogen-bond acceptors (Lipinski definition) is 4. The van der Waals surface area contributed by atoms with Gasteiger partial charge in [-0.05, 0) is 53.6 Å². The second-order valence-electron chi connectivity index (χ2n) is 4.80. The maximum Gasteiger partial charge on any atom is 0.243 e. The van der Waals surface area contributed by atoms with Crippen LogP contribution in [-0.4, -0.2) is 26.0 Å². The number of rotatable bonds is 4. The minimum Gasteiger partial charge on any atom is -0.399 e. The van der Waals surface area contributed by atoms with Gasteiger partial charge in [0, 0.05) is 17.0 Å². The largest absolute Gasteiger partial charge is 0.399 e. The molecular formula is C12H16BrFN2O2S2. The maximum atomic E-state index is 14.0. The van der Waals surface area contributed by atoms with Gasteiger partial charge in [0.2, 0.25) is 10.0 Å². The Hall–Kier alpha value is -0.310. The molecule has 112 valence electrons. The van der Waals surface area contributed by atoms with Crippen molar-refractivity contribution < 1.29 is 12.8 Å². The molecule has 0 amide bonds. The number of thioether (sulfide) groups is 1. The smallest absolute Gasteiger partial charge is 0.243 e. The van der Waals surface area contributed by atoms with Crippen LogP contribution in [0.15, 0.2) is 21.5 Å². The molecule has 20 heavy (non-hydrogen) atoms. The zero-order valence-corrected chi connectivity index (χ0v) is 14.1. The summed E-state index contributed by atoms with van der Waals surface area (Å²) >= 11 is 4.70. The highest BCUT2D eigenvalue weighted by molar-refractivity contribution is 9.10. The number of halogens is 2. The molecule has 1 aromatic carbocycles. The van der Waals surface area contributed by atoms with Crippen molar-refractivity contribution in [1.82, 2.24) is 4.72 Å². The average Bonchev–Trinajstić information content (AvgIpc) is 2.80. The van der Waals surface area contributed by atoms with E-state index in [1.807, 2.05) is 6.26 Å². The lowest BCUT2D eigenvalue weighted by atomic mass is 10.3. The van der Waals surface area contributed by atoms with Gasteiger partial charge in [-0.3, -0.25) is 0 Å². The molecule has 4 nitrogen and oxygen atoms in total. The van der Waals surface area contributed by atoms with Gasteiger partial charge in [0.1, 0.15) is 4.90 Å². The second-order valence-corrected chi connectivity index (χ2v) is 8.48. The van der Waals surface area contributed by atoms with Gasteiger partial charge in [-0.2, -0.15) is 11.8 Å². The monoisotopic (exact) mass is 382 g/mol. The number of anilines is 1. The molecule has 1 fully saturated rings. The molecule has 0 radical (unpaired) electrons. The molecule has 1 saturated carbocycles. The van der Waals surface area contributed by atoms with Crippen LogP contribution in [0.3, 0.4) is 0 Å². The lowest BCUT2D eigenvalue weighted by Gasteiger charge is -2.14. The van der Waals surface area contributed by atoms with Gasteiger partial charge < -0.3 is 5.73 Å². The molecule has 8 heteroatoms. The van der Waals surface area contributed by atoms with Crippen molar-refractivity contribution in [2.24, 2.45) is 0 Å². The first-order valence-corrected chi connectivity index (χ1v) is 9.69. The van der Waals surface area contributed by atoms with Crippen molar-refractivity contribution in [3.63, 3.8) is 0 Å². The fourth-order valence-electron chi connectivity index (χ4n) is 2.32. The summed E-state index contributed by atoms with van der Waals surface area (Å²) in [7, 11) is -3.90. The molecule has 3 N–H and O–H groups in total. The third kappa shape index (κ3) is 3.47. The molecule has 0 spiro atoms. The number of nitrogens with two attached hydrogens (primary N) is 1. The topological polar surface area (TPSA) is 72.2 Å². The number of nitrogen functional groups attached to an aromatic ring is 1. The first-order chi connectivity index (χ1) is 9.33. The summed E-state index contributed by atoms with van der Waals surface area (Å²) in [5, 5.41) is 0.458. The highest BCUT2D eigenvalue weighted by Gasteiger charge is 2.30. The fourth-order valence-corrected chi connectivity index (χ4v) is 5.15. The summed E-state index contributed by atoms with van der Waals surface area (Å²) in [6.07, 6.45) is 4.52. The zero-order valence-electron chi connectivity index (χ0n) is 10.9. The van der Waals surface area contributed by atoms with Gasteiger partial charge >= 0.3 is 0 Å². The number of sulfonamides is 1. The van der Waals surface area contributed by atoms with E-state index in [0.717, 1.165) is 25.3 Å². The molecule has 1 aliphatic carbocycles. The Labute approximate surface area is 130 Å². The van der Waals surface area contributed by atoms with Crippen LogP contribution in [0.25, 0.3) is 0 Å². The SMILES string of the molecule is CSC1CCC(NS(=O)(=O)c2cc(N)cc(Br)c2F)C1. The molecule has 1 aromatic rings. The van der Waals surface area contributed by atoms with Gasteiger partial charge in [-0.15, -0.1) is 0 Å². The van der Waals surface area contributed by atoms with Crippen LogP contribution >= 0.6 is 27.7 Å². The zero-order chi connectivity index (χ0) is 14.9. The van der Waals surface area contributed by atoms with E-state index < -0.39 is 20.7 Å². The summed E-state index contributed by atoms with van der Waals surface area (Å²) in [6.45, 7) is 0. The van der Waals surface area contributed by atoms with Crippen molar-refractivity contribution >= 4 is 43.4 Å². The van der Waals surface area contributed by atoms with E-state index in [9.17, 15) is 12.8 Å². The fraction of sp³-hybridized carbons (Fsp3) is 0.500. The predicted molar refractivity (Wildman–Crippen MR) is 83.8 cm³/mol. The summed E-state index contributed by atoms with van der Waals surface area (Å²) in [4.78, 5) is -0.406. The molecule has 0 heterocycles. The van der Waals surface area contributed by atoms with Crippen LogP contribution in [0.1, 0.15) is 19.3 Å². The minimum absolute atomic E-state index is 0.0475. The van der Waals surface area contributed by atoms with Crippen LogP contribution in [0, 0.1) is 5.82 Å². The molecule has 2 unspecified atom stereocenters. The molecule has 0 bridgehead atoms. The lowest BCUT2D eigenvalue weighted by Crippen LogP contribution is -2.33. The van der Waals surface area contributed by atoms with E-state index in [2.05, 4.69) is 20.7 Å². The quantitative estimate of drug-likeness (QED) is 0.785. The highest BCUT2D eigenvalue weighted by Crippen LogP contribution is 2.30. The Kier molecular flexibility index (Phi) is 4.99. The molecule has 2 atom stereocenters. The molecular weight excluding hydrogens is 367 g/mol. The third-order valence-electron chi connectivity index (χ3n) is 3.35. The normalized spacial score (nSPS) is 23.1. The van der Waals surface area contributed by atoms with E-state index >= 15 is 0 Å². The van der Waals surface area contributed by atoms with Crippen molar-refractivity contribution in [3.8, 4) is 0 Å². The first kappa shape index (κ1) is 16.1. The summed E-state index contributed by atoms with van der Waals surface area (Å²) in [6, 6.07) is 2.34. The van der Waals surface area contributed by atoms with E-state index in [1.54, 1.807) is 11.8 Å². The van der Waals surface area contributed by atoms with Crippen LogP contribution in [-0.2, 0) is 10.0 Å². The third-order valence-corrected chi connectivity index (χ3v) is 6.54. The molecule has 0 aromatic heterocycles. The van der Waals surface area contributed by atoms with Crippen molar-refractivity contribution in [2.75, 3.05) is 12.0 Å². The van der Waals surface area contributed by atoms with Crippen molar-refractivity contribution in [2.45, 2.75) is 35.4 Å². The Morgan fingerprint density at radius 1 is 1.45 bits per heavy atom. The van der Waals surface area contributed by atoms with Crippen LogP contribution < -0.4 is 10.5 Å². The van der Waals surface area contributed by atoms with Gasteiger partial charge in [0.05, 0.1) is 4.47 Å². The standard InChI is InChI=1S/C12H16BrFN2O2S2/c1-19-9-3-2-8(6-9)16-20(17,18)11-5-7(15)4-10(13)12(11)14/h4-5,8-9,16H,2-3,6,15H2,1H3. The molecule has 1 aliphatic rings. The Balaban J connectivity index is 2.23. The van der Waals surface area contributed by atoms with Gasteiger partial charge in [0.15, 0.2) is 5.82 Å². The average molecular weight is 383 g/mol. The molecule has 0 saturated heterocycles. The predicted octanol–water partition coefficient (Wildman–Crippen LogP) is 2.73. The van der Waals surface area contributed by atoms with Gasteiger partial charge in [0.25, 0.3) is 0 Å². The van der Waals surface area contributed by atoms with Crippen LogP contribution in [0.5, 0.6) is 0 Å². The van der Waals surface area contributed by atoms with Crippen molar-refractivity contribution in [3.05, 3.63) is 22.4 Å². The molecule has 0 aliphatic heterocycles. The van der Waals surface area contributed by atoms with Gasteiger partial charge in [-0.25, -0.2) is 17.5 Å². The summed E-state index contributed by atoms with van der Waals surface area (Å²) in [5.41, 5.74) is 5.79. The molecule has 2 rings (SSSR count). The second kappa shape index (κ2) is 6.21. The highest BCUT2D eigenvalue weighted by atomic mass is 79.9. The summed E-state index contributed by atoms with van der Waals surface area (Å²) in [5.74, 6) is -0.814. The first-order valence-electron chi connectivity index (χ1n) is 6.13. The lowest BCUT2D eigenvalue weighted by molar-refractivity contribution is 0.535. The van der Waals surface area contributed by atoms with E-state index in [0.29, 0.717) is 5.25 Å². The number of benzene rings is 1. The van der Waals surface area contributed by atoms with Crippen LogP contribution in [0.4, 0.5) is 10.1 Å². The van der Waals surface area contributed by atoms with Crippen LogP contribution in [0.2, 0.25) is 0 Å². The van der Waals surface area contributed by atoms with Crippen molar-refractivity contribution in [1.29, 1.82) is 0 Å². The Morgan fingerprint density at radius 2 is 2.15 bits per heavy atom. The number of hydrogen-bond donors (Lipinski definition) is 2. The minimum atomic E-state index is -3.90. The van der Waals surface area contributed by atoms with E-state index in [4.69, 9.17) is 5.73 Å². The van der Waals surface area contributed by atoms with E-state index in [1.165, 1.54) is 6.07 Å². The summed E-state index contributed by atoms with van der Waals surface area (Å²) < 4.78 is 41.1.